The first kappa shape index (κ1) is 24.4. The number of halogens is 8. The summed E-state index contributed by atoms with van der Waals surface area (Å²) in [7, 11) is 0. The van der Waals surface area contributed by atoms with Crippen molar-refractivity contribution >= 4 is 44.1 Å². The van der Waals surface area contributed by atoms with Crippen LogP contribution in [-0.2, 0) is 5.67 Å². The van der Waals surface area contributed by atoms with E-state index in [4.69, 9.17) is 0 Å². The Kier molecular flexibility index (Phi) is 6.08. The summed E-state index contributed by atoms with van der Waals surface area (Å²) in [5.41, 5.74) is -9.53. The molecular formula is C19H9BrF7N3O3. The van der Waals surface area contributed by atoms with Gasteiger partial charge in [0, 0.05) is 39.3 Å². The molecule has 0 spiro atoms. The van der Waals surface area contributed by atoms with Gasteiger partial charge in [0.1, 0.15) is 0 Å². The average Bonchev–Trinajstić information content (AvgIpc) is 2.73. The summed E-state index contributed by atoms with van der Waals surface area (Å²) < 4.78 is 94.2. The zero-order valence-electron chi connectivity index (χ0n) is 15.8. The lowest BCUT2D eigenvalue weighted by molar-refractivity contribution is -0.384. The van der Waals surface area contributed by atoms with Crippen molar-refractivity contribution in [2.45, 2.75) is 18.0 Å². The van der Waals surface area contributed by atoms with Gasteiger partial charge >= 0.3 is 18.0 Å². The van der Waals surface area contributed by atoms with E-state index in [1.165, 1.54) is 12.1 Å². The van der Waals surface area contributed by atoms with Crippen LogP contribution >= 0.6 is 15.9 Å². The van der Waals surface area contributed by atoms with E-state index in [0.717, 1.165) is 30.5 Å². The van der Waals surface area contributed by atoms with Gasteiger partial charge in [-0.2, -0.15) is 26.3 Å². The summed E-state index contributed by atoms with van der Waals surface area (Å²) in [5.74, 6) is -0.963. The number of fused-ring (bicyclic) bond motifs is 1. The molecule has 0 radical (unpaired) electrons. The molecule has 174 valence electrons. The average molecular weight is 540 g/mol. The normalized spacial score (nSPS) is 12.6. The number of carbonyl (C=O) groups is 1. The van der Waals surface area contributed by atoms with Crippen molar-refractivity contribution in [2.24, 2.45) is 0 Å². The van der Waals surface area contributed by atoms with Crippen LogP contribution in [0.3, 0.4) is 0 Å². The van der Waals surface area contributed by atoms with E-state index >= 15 is 0 Å². The summed E-state index contributed by atoms with van der Waals surface area (Å²) in [5, 5.41) is 12.7. The molecule has 33 heavy (non-hydrogen) atoms. The Morgan fingerprint density at radius 3 is 2.21 bits per heavy atom. The highest BCUT2D eigenvalue weighted by atomic mass is 79.9. The molecule has 2 aromatic carbocycles. The monoisotopic (exact) mass is 539 g/mol. The summed E-state index contributed by atoms with van der Waals surface area (Å²) >= 11 is 2.78. The Hall–Kier alpha value is -3.29. The van der Waals surface area contributed by atoms with Gasteiger partial charge in [-0.1, -0.05) is 6.07 Å². The Balaban J connectivity index is 2.20. The lowest BCUT2D eigenvalue weighted by Crippen LogP contribution is -2.50. The van der Waals surface area contributed by atoms with Crippen LogP contribution in [0.5, 0.6) is 0 Å². The third-order valence-electron chi connectivity index (χ3n) is 4.55. The molecule has 3 rings (SSSR count). The zero-order valence-corrected chi connectivity index (χ0v) is 17.3. The summed E-state index contributed by atoms with van der Waals surface area (Å²) in [6, 6.07) is 6.85. The Morgan fingerprint density at radius 1 is 1.00 bits per heavy atom. The van der Waals surface area contributed by atoms with Crippen LogP contribution in [0.4, 0.5) is 42.1 Å². The number of nitrogens with one attached hydrogen (secondary N) is 1. The molecule has 0 fully saturated rings. The van der Waals surface area contributed by atoms with Crippen LogP contribution in [0.2, 0.25) is 0 Å². The number of rotatable bonds is 4. The van der Waals surface area contributed by atoms with Crippen molar-refractivity contribution in [3.63, 3.8) is 0 Å². The van der Waals surface area contributed by atoms with Gasteiger partial charge < -0.3 is 5.32 Å². The van der Waals surface area contributed by atoms with Gasteiger partial charge in [-0.05, 0) is 40.2 Å². The quantitative estimate of drug-likeness (QED) is 0.234. The number of nitro benzene ring substituents is 1. The number of pyridine rings is 1. The van der Waals surface area contributed by atoms with Crippen LogP contribution in [0.1, 0.15) is 15.9 Å². The maximum absolute atomic E-state index is 14.8. The first-order valence-electron chi connectivity index (χ1n) is 8.64. The van der Waals surface area contributed by atoms with Crippen molar-refractivity contribution in [1.29, 1.82) is 0 Å². The molecule has 0 saturated carbocycles. The number of aromatic nitrogens is 1. The minimum absolute atomic E-state index is 0.220. The zero-order chi connectivity index (χ0) is 24.8. The second kappa shape index (κ2) is 8.24. The van der Waals surface area contributed by atoms with Crippen LogP contribution in [0, 0.1) is 10.1 Å². The third kappa shape index (κ3) is 4.21. The molecule has 0 aliphatic carbocycles. The second-order valence-corrected chi connectivity index (χ2v) is 7.45. The van der Waals surface area contributed by atoms with Crippen molar-refractivity contribution in [3.8, 4) is 0 Å². The standard InChI is InChI=1S/C19H9BrF7N3O3/c20-13-8-12(17(21,18(22,23)24)19(25,26)27)14-11(5-2-6-28-14)15(13)29-16(31)9-3-1-4-10(7-9)30(32)33/h1-8H,(H,29,31). The predicted molar refractivity (Wildman–Crippen MR) is 105 cm³/mol. The van der Waals surface area contributed by atoms with Crippen molar-refractivity contribution in [3.05, 3.63) is 74.4 Å². The number of amides is 1. The Bertz CT molecular complexity index is 1250. The fraction of sp³-hybridized carbons (Fsp3) is 0.158. The number of hydrogen-bond donors (Lipinski definition) is 1. The van der Waals surface area contributed by atoms with E-state index < -0.39 is 55.5 Å². The van der Waals surface area contributed by atoms with Crippen molar-refractivity contribution in [2.75, 3.05) is 5.32 Å². The highest BCUT2D eigenvalue weighted by molar-refractivity contribution is 9.10. The third-order valence-corrected chi connectivity index (χ3v) is 5.18. The lowest BCUT2D eigenvalue weighted by atomic mass is 9.91. The van der Waals surface area contributed by atoms with Crippen molar-refractivity contribution < 1.29 is 40.5 Å². The highest BCUT2D eigenvalue weighted by Gasteiger charge is 2.74. The molecular weight excluding hydrogens is 531 g/mol. The summed E-state index contributed by atoms with van der Waals surface area (Å²) in [6.07, 6.45) is -11.9. The molecule has 3 aromatic rings. The van der Waals surface area contributed by atoms with Gasteiger partial charge in [-0.15, -0.1) is 0 Å². The smallest absolute Gasteiger partial charge is 0.320 e. The summed E-state index contributed by atoms with van der Waals surface area (Å²) in [4.78, 5) is 26.2. The predicted octanol–water partition coefficient (Wildman–Crippen LogP) is 6.45. The number of carbonyl (C=O) groups excluding carboxylic acids is 1. The first-order valence-corrected chi connectivity index (χ1v) is 9.43. The molecule has 1 N–H and O–H groups in total. The molecule has 1 aromatic heterocycles. The van der Waals surface area contributed by atoms with Gasteiger partial charge in [-0.25, -0.2) is 4.39 Å². The van der Waals surface area contributed by atoms with Gasteiger partial charge in [-0.3, -0.25) is 19.9 Å². The molecule has 0 saturated heterocycles. The van der Waals surface area contributed by atoms with E-state index in [0.29, 0.717) is 0 Å². The number of alkyl halides is 7. The number of benzene rings is 2. The Labute approximate surface area is 187 Å². The Morgan fingerprint density at radius 2 is 1.64 bits per heavy atom. The number of hydrogen-bond acceptors (Lipinski definition) is 4. The molecule has 0 aliphatic rings. The van der Waals surface area contributed by atoms with E-state index in [2.05, 4.69) is 26.2 Å². The molecule has 6 nitrogen and oxygen atoms in total. The van der Waals surface area contributed by atoms with Gasteiger partial charge in [0.2, 0.25) is 0 Å². The molecule has 1 heterocycles. The number of anilines is 1. The fourth-order valence-corrected chi connectivity index (χ4v) is 3.56. The largest absolute Gasteiger partial charge is 0.436 e. The first-order chi connectivity index (χ1) is 15.2. The molecule has 0 aliphatic heterocycles. The lowest BCUT2D eigenvalue weighted by Gasteiger charge is -2.31. The van der Waals surface area contributed by atoms with E-state index in [1.807, 2.05) is 0 Å². The van der Waals surface area contributed by atoms with E-state index in [-0.39, 0.29) is 17.3 Å². The van der Waals surface area contributed by atoms with E-state index in [9.17, 15) is 45.6 Å². The van der Waals surface area contributed by atoms with Gasteiger partial charge in [0.25, 0.3) is 11.6 Å². The molecule has 14 heteroatoms. The molecule has 0 unspecified atom stereocenters. The number of nitro groups is 1. The molecule has 0 atom stereocenters. The highest BCUT2D eigenvalue weighted by Crippen LogP contribution is 2.55. The maximum Gasteiger partial charge on any atom is 0.436 e. The second-order valence-electron chi connectivity index (χ2n) is 6.60. The van der Waals surface area contributed by atoms with Crippen LogP contribution in [-0.4, -0.2) is 28.2 Å². The minimum Gasteiger partial charge on any atom is -0.320 e. The number of non-ortho nitro benzene ring substituents is 1. The van der Waals surface area contributed by atoms with Crippen LogP contribution in [0.15, 0.2) is 53.1 Å². The molecule has 0 bridgehead atoms. The van der Waals surface area contributed by atoms with Crippen LogP contribution < -0.4 is 5.32 Å². The SMILES string of the molecule is O=C(Nc1c(Br)cc(C(F)(C(F)(F)F)C(F)(F)F)c2ncccc12)c1cccc([N+](=O)[O-])c1. The topological polar surface area (TPSA) is 85.1 Å². The van der Waals surface area contributed by atoms with Gasteiger partial charge in [0.05, 0.1) is 16.1 Å². The maximum atomic E-state index is 14.8. The van der Waals surface area contributed by atoms with Crippen LogP contribution in [0.25, 0.3) is 10.9 Å². The van der Waals surface area contributed by atoms with Gasteiger partial charge in [0.15, 0.2) is 0 Å². The summed E-state index contributed by atoms with van der Waals surface area (Å²) in [6.45, 7) is 0. The molecule has 1 amide bonds. The number of nitrogens with zero attached hydrogens (tertiary/aromatic N) is 2. The van der Waals surface area contributed by atoms with Crippen molar-refractivity contribution in [1.82, 2.24) is 4.98 Å². The fourth-order valence-electron chi connectivity index (χ4n) is 3.02. The minimum atomic E-state index is -6.37. The van der Waals surface area contributed by atoms with E-state index in [1.54, 1.807) is 0 Å².